The summed E-state index contributed by atoms with van der Waals surface area (Å²) in [6.07, 6.45) is 0.676. The first kappa shape index (κ1) is 14.2. The second-order valence-electron chi connectivity index (χ2n) is 4.47. The first-order chi connectivity index (χ1) is 9.69. The van der Waals surface area contributed by atoms with Crippen molar-refractivity contribution in [3.8, 4) is 6.07 Å². The Hall–Kier alpha value is -2.25. The zero-order valence-corrected chi connectivity index (χ0v) is 10.9. The minimum absolute atomic E-state index is 0.249. The van der Waals surface area contributed by atoms with Gasteiger partial charge in [-0.3, -0.25) is 0 Å². The first-order valence-corrected chi connectivity index (χ1v) is 6.33. The average molecular weight is 272 g/mol. The predicted octanol–water partition coefficient (Wildman–Crippen LogP) is 3.17. The third-order valence-corrected chi connectivity index (χ3v) is 2.98. The van der Waals surface area contributed by atoms with Crippen molar-refractivity contribution in [3.05, 3.63) is 70.8 Å². The normalized spacial score (nSPS) is 10.2. The molecule has 102 valence electrons. The molecule has 0 amide bonds. The van der Waals surface area contributed by atoms with E-state index in [1.807, 2.05) is 12.1 Å². The Morgan fingerprint density at radius 2 is 1.95 bits per heavy atom. The monoisotopic (exact) mass is 272 g/mol. The predicted molar refractivity (Wildman–Crippen MR) is 72.9 cm³/mol. The van der Waals surface area contributed by atoms with E-state index in [4.69, 9.17) is 5.26 Å². The molecule has 0 saturated heterocycles. The number of hydrogen-bond donors (Lipinski definition) is 1. The van der Waals surface area contributed by atoms with E-state index in [2.05, 4.69) is 5.32 Å². The van der Waals surface area contributed by atoms with Gasteiger partial charge in [0.2, 0.25) is 0 Å². The van der Waals surface area contributed by atoms with Crippen molar-refractivity contribution in [3.63, 3.8) is 0 Å². The lowest BCUT2D eigenvalue weighted by molar-refractivity contribution is 0.587. The van der Waals surface area contributed by atoms with E-state index >= 15 is 0 Å². The van der Waals surface area contributed by atoms with Crippen LogP contribution in [0.15, 0.2) is 42.5 Å². The highest BCUT2D eigenvalue weighted by Gasteiger charge is 2.03. The Morgan fingerprint density at radius 3 is 2.65 bits per heavy atom. The van der Waals surface area contributed by atoms with E-state index in [0.29, 0.717) is 30.6 Å². The van der Waals surface area contributed by atoms with Crippen molar-refractivity contribution in [1.29, 1.82) is 5.26 Å². The maximum atomic E-state index is 13.6. The zero-order chi connectivity index (χ0) is 14.4. The Labute approximate surface area is 116 Å². The molecular weight excluding hydrogens is 258 g/mol. The van der Waals surface area contributed by atoms with E-state index in [-0.39, 0.29) is 11.6 Å². The quantitative estimate of drug-likeness (QED) is 0.849. The molecule has 0 aliphatic heterocycles. The topological polar surface area (TPSA) is 35.8 Å². The molecule has 0 saturated carbocycles. The molecule has 0 radical (unpaired) electrons. The number of nitrogens with one attached hydrogen (secondary N) is 1. The number of benzene rings is 2. The van der Waals surface area contributed by atoms with Gasteiger partial charge in [0.15, 0.2) is 0 Å². The van der Waals surface area contributed by atoms with Gasteiger partial charge < -0.3 is 5.32 Å². The molecular formula is C16H14F2N2. The summed E-state index contributed by atoms with van der Waals surface area (Å²) in [6, 6.07) is 12.7. The number of nitrogens with zero attached hydrogens (tertiary/aromatic N) is 1. The molecule has 4 heteroatoms. The lowest BCUT2D eigenvalue weighted by Crippen LogP contribution is -2.17. The van der Waals surface area contributed by atoms with E-state index in [1.54, 1.807) is 18.2 Å². The van der Waals surface area contributed by atoms with Gasteiger partial charge in [-0.25, -0.2) is 8.78 Å². The molecule has 0 fully saturated rings. The van der Waals surface area contributed by atoms with Crippen molar-refractivity contribution in [2.75, 3.05) is 6.54 Å². The summed E-state index contributed by atoms with van der Waals surface area (Å²) in [6.45, 7) is 1.01. The second-order valence-corrected chi connectivity index (χ2v) is 4.47. The summed E-state index contributed by atoms with van der Waals surface area (Å²) < 4.78 is 26.6. The van der Waals surface area contributed by atoms with Crippen LogP contribution in [0.2, 0.25) is 0 Å². The first-order valence-electron chi connectivity index (χ1n) is 6.33. The summed E-state index contributed by atoms with van der Waals surface area (Å²) >= 11 is 0. The second kappa shape index (κ2) is 6.78. The van der Waals surface area contributed by atoms with Crippen LogP contribution in [0.25, 0.3) is 0 Å². The van der Waals surface area contributed by atoms with Gasteiger partial charge in [0.25, 0.3) is 0 Å². The highest BCUT2D eigenvalue weighted by molar-refractivity contribution is 5.32. The standard InChI is InChI=1S/C16H14F2N2/c17-15-3-1-2-12(8-15)6-7-20-11-14-5-4-13(10-19)9-16(14)18/h1-5,8-9,20H,6-7,11H2. The highest BCUT2D eigenvalue weighted by Crippen LogP contribution is 2.10. The third-order valence-electron chi connectivity index (χ3n) is 2.98. The fourth-order valence-electron chi connectivity index (χ4n) is 1.91. The molecule has 2 aromatic rings. The van der Waals surface area contributed by atoms with Gasteiger partial charge in [0.05, 0.1) is 11.6 Å². The fourth-order valence-corrected chi connectivity index (χ4v) is 1.91. The maximum Gasteiger partial charge on any atom is 0.129 e. The molecule has 0 heterocycles. The van der Waals surface area contributed by atoms with Crippen LogP contribution in [0.3, 0.4) is 0 Å². The minimum Gasteiger partial charge on any atom is -0.312 e. The molecule has 0 unspecified atom stereocenters. The number of nitriles is 1. The number of hydrogen-bond acceptors (Lipinski definition) is 2. The van der Waals surface area contributed by atoms with E-state index in [9.17, 15) is 8.78 Å². The molecule has 0 spiro atoms. The van der Waals surface area contributed by atoms with Crippen LogP contribution in [0.5, 0.6) is 0 Å². The molecule has 0 aromatic heterocycles. The molecule has 2 nitrogen and oxygen atoms in total. The number of halogens is 2. The van der Waals surface area contributed by atoms with Crippen molar-refractivity contribution in [2.45, 2.75) is 13.0 Å². The van der Waals surface area contributed by atoms with Crippen LogP contribution in [0.4, 0.5) is 8.78 Å². The zero-order valence-electron chi connectivity index (χ0n) is 10.9. The molecule has 0 atom stereocenters. The Kier molecular flexibility index (Phi) is 4.80. The number of rotatable bonds is 5. The summed E-state index contributed by atoms with van der Waals surface area (Å²) in [5.41, 5.74) is 1.73. The van der Waals surface area contributed by atoms with E-state index in [0.717, 1.165) is 5.56 Å². The van der Waals surface area contributed by atoms with Crippen molar-refractivity contribution < 1.29 is 8.78 Å². The van der Waals surface area contributed by atoms with Crippen LogP contribution in [-0.2, 0) is 13.0 Å². The van der Waals surface area contributed by atoms with Gasteiger partial charge in [0.1, 0.15) is 11.6 Å². The average Bonchev–Trinajstić information content (AvgIpc) is 2.45. The summed E-state index contributed by atoms with van der Waals surface area (Å²) in [5.74, 6) is -0.636. The fraction of sp³-hybridized carbons (Fsp3) is 0.188. The van der Waals surface area contributed by atoms with Crippen LogP contribution in [0.1, 0.15) is 16.7 Å². The minimum atomic E-state index is -0.387. The molecule has 0 aliphatic rings. The largest absolute Gasteiger partial charge is 0.312 e. The molecule has 20 heavy (non-hydrogen) atoms. The molecule has 0 aliphatic carbocycles. The van der Waals surface area contributed by atoms with Gasteiger partial charge >= 0.3 is 0 Å². The maximum absolute atomic E-state index is 13.6. The summed E-state index contributed by atoms with van der Waals surface area (Å²) in [7, 11) is 0. The molecule has 2 rings (SSSR count). The Balaban J connectivity index is 1.83. The van der Waals surface area contributed by atoms with Crippen molar-refractivity contribution in [2.24, 2.45) is 0 Å². The van der Waals surface area contributed by atoms with Gasteiger partial charge in [-0.2, -0.15) is 5.26 Å². The van der Waals surface area contributed by atoms with Gasteiger partial charge in [0, 0.05) is 12.1 Å². The van der Waals surface area contributed by atoms with Gasteiger partial charge in [-0.05, 0) is 42.8 Å². The molecule has 0 bridgehead atoms. The van der Waals surface area contributed by atoms with Crippen molar-refractivity contribution >= 4 is 0 Å². The Bertz CT molecular complexity index is 633. The van der Waals surface area contributed by atoms with Crippen LogP contribution >= 0.6 is 0 Å². The Morgan fingerprint density at radius 1 is 1.10 bits per heavy atom. The van der Waals surface area contributed by atoms with Gasteiger partial charge in [-0.1, -0.05) is 18.2 Å². The SMILES string of the molecule is N#Cc1ccc(CNCCc2cccc(F)c2)c(F)c1. The van der Waals surface area contributed by atoms with Crippen LogP contribution in [-0.4, -0.2) is 6.54 Å². The van der Waals surface area contributed by atoms with Gasteiger partial charge in [-0.15, -0.1) is 0 Å². The lowest BCUT2D eigenvalue weighted by atomic mass is 10.1. The third kappa shape index (κ3) is 3.87. The molecule has 1 N–H and O–H groups in total. The highest BCUT2D eigenvalue weighted by atomic mass is 19.1. The smallest absolute Gasteiger partial charge is 0.129 e. The van der Waals surface area contributed by atoms with Crippen LogP contribution < -0.4 is 5.32 Å². The van der Waals surface area contributed by atoms with E-state index < -0.39 is 0 Å². The van der Waals surface area contributed by atoms with Crippen LogP contribution in [0, 0.1) is 23.0 Å². The van der Waals surface area contributed by atoms with Crippen molar-refractivity contribution in [1.82, 2.24) is 5.32 Å². The van der Waals surface area contributed by atoms with E-state index in [1.165, 1.54) is 18.2 Å². The summed E-state index contributed by atoms with van der Waals surface area (Å²) in [4.78, 5) is 0. The summed E-state index contributed by atoms with van der Waals surface area (Å²) in [5, 5.41) is 11.8. The lowest BCUT2D eigenvalue weighted by Gasteiger charge is -2.06. The molecule has 2 aromatic carbocycles.